The lowest BCUT2D eigenvalue weighted by molar-refractivity contribution is -0.0327. The van der Waals surface area contributed by atoms with Gasteiger partial charge in [0.05, 0.1) is 3.79 Å². The summed E-state index contributed by atoms with van der Waals surface area (Å²) in [6.07, 6.45) is 0.854. The van der Waals surface area contributed by atoms with E-state index in [0.29, 0.717) is 13.1 Å². The SMILES string of the molecule is FC(F)(F)SCCNCCc1ccc(Br)s1. The number of thioether (sulfide) groups is 1. The van der Waals surface area contributed by atoms with Crippen molar-refractivity contribution in [3.63, 3.8) is 0 Å². The normalized spacial score (nSPS) is 12.0. The largest absolute Gasteiger partial charge is 0.441 e. The van der Waals surface area contributed by atoms with E-state index in [9.17, 15) is 13.2 Å². The third kappa shape index (κ3) is 6.78. The number of halogens is 4. The van der Waals surface area contributed by atoms with Crippen LogP contribution in [0.25, 0.3) is 0 Å². The van der Waals surface area contributed by atoms with Crippen LogP contribution in [0.3, 0.4) is 0 Å². The highest BCUT2D eigenvalue weighted by Crippen LogP contribution is 2.29. The van der Waals surface area contributed by atoms with Crippen LogP contribution in [0.1, 0.15) is 4.88 Å². The molecule has 0 saturated heterocycles. The van der Waals surface area contributed by atoms with E-state index in [1.165, 1.54) is 4.88 Å². The maximum Gasteiger partial charge on any atom is 0.441 e. The highest BCUT2D eigenvalue weighted by atomic mass is 79.9. The van der Waals surface area contributed by atoms with Crippen LogP contribution in [0.2, 0.25) is 0 Å². The van der Waals surface area contributed by atoms with Gasteiger partial charge < -0.3 is 5.32 Å². The minimum Gasteiger partial charge on any atom is -0.316 e. The predicted molar refractivity (Wildman–Crippen MR) is 67.1 cm³/mol. The topological polar surface area (TPSA) is 12.0 Å². The van der Waals surface area contributed by atoms with Gasteiger partial charge in [0.2, 0.25) is 0 Å². The molecule has 1 nitrogen and oxygen atoms in total. The molecule has 0 radical (unpaired) electrons. The third-order valence-electron chi connectivity index (χ3n) is 1.72. The van der Waals surface area contributed by atoms with Crippen molar-refractivity contribution in [2.75, 3.05) is 18.8 Å². The van der Waals surface area contributed by atoms with E-state index in [1.54, 1.807) is 11.3 Å². The van der Waals surface area contributed by atoms with Gasteiger partial charge in [-0.25, -0.2) is 0 Å². The first kappa shape index (κ1) is 14.3. The van der Waals surface area contributed by atoms with Crippen molar-refractivity contribution in [3.8, 4) is 0 Å². The number of hydrogen-bond donors (Lipinski definition) is 1. The van der Waals surface area contributed by atoms with E-state index < -0.39 is 5.51 Å². The summed E-state index contributed by atoms with van der Waals surface area (Å²) in [6.45, 7) is 1.10. The summed E-state index contributed by atoms with van der Waals surface area (Å²) in [7, 11) is 0. The summed E-state index contributed by atoms with van der Waals surface area (Å²) in [5.74, 6) is 0.0671. The molecule has 16 heavy (non-hydrogen) atoms. The fourth-order valence-electron chi connectivity index (χ4n) is 1.06. The van der Waals surface area contributed by atoms with E-state index in [1.807, 2.05) is 12.1 Å². The Morgan fingerprint density at radius 2 is 2.06 bits per heavy atom. The zero-order valence-electron chi connectivity index (χ0n) is 8.31. The highest BCUT2D eigenvalue weighted by Gasteiger charge is 2.27. The molecule has 1 N–H and O–H groups in total. The van der Waals surface area contributed by atoms with Crippen LogP contribution in [0.15, 0.2) is 15.9 Å². The van der Waals surface area contributed by atoms with E-state index in [-0.39, 0.29) is 17.5 Å². The molecule has 1 heterocycles. The summed E-state index contributed by atoms with van der Waals surface area (Å²) in [6, 6.07) is 3.99. The lowest BCUT2D eigenvalue weighted by Crippen LogP contribution is -2.21. The van der Waals surface area contributed by atoms with Gasteiger partial charge in [0.25, 0.3) is 0 Å². The molecule has 0 fully saturated rings. The van der Waals surface area contributed by atoms with E-state index in [2.05, 4.69) is 21.2 Å². The second-order valence-corrected chi connectivity index (χ2v) is 6.71. The fourth-order valence-corrected chi connectivity index (χ4v) is 3.02. The van der Waals surface area contributed by atoms with Gasteiger partial charge in [-0.3, -0.25) is 0 Å². The summed E-state index contributed by atoms with van der Waals surface area (Å²) >= 11 is 5.02. The molecule has 0 spiro atoms. The van der Waals surface area contributed by atoms with Crippen molar-refractivity contribution in [2.45, 2.75) is 11.9 Å². The molecule has 1 rings (SSSR count). The monoisotopic (exact) mass is 333 g/mol. The molecular weight excluding hydrogens is 323 g/mol. The summed E-state index contributed by atoms with van der Waals surface area (Å²) < 4.78 is 36.4. The zero-order chi connectivity index (χ0) is 12.0. The molecule has 1 aromatic rings. The molecule has 0 bridgehead atoms. The summed E-state index contributed by atoms with van der Waals surface area (Å²) in [4.78, 5) is 1.22. The first-order valence-corrected chi connectivity index (χ1v) is 7.22. The minimum absolute atomic E-state index is 0.0165. The van der Waals surface area contributed by atoms with Crippen LogP contribution in [0.4, 0.5) is 13.2 Å². The Morgan fingerprint density at radius 1 is 1.31 bits per heavy atom. The van der Waals surface area contributed by atoms with Gasteiger partial charge in [0, 0.05) is 17.2 Å². The molecule has 0 aromatic carbocycles. The van der Waals surface area contributed by atoms with Gasteiger partial charge in [-0.2, -0.15) is 13.2 Å². The maximum atomic E-state index is 11.8. The Labute approximate surface area is 109 Å². The molecule has 0 aliphatic rings. The second-order valence-electron chi connectivity index (χ2n) is 3.00. The molecule has 0 aliphatic carbocycles. The number of thiophene rings is 1. The van der Waals surface area contributed by atoms with Gasteiger partial charge in [0.1, 0.15) is 0 Å². The molecule has 7 heteroatoms. The van der Waals surface area contributed by atoms with Crippen molar-refractivity contribution in [3.05, 3.63) is 20.8 Å². The molecule has 0 aliphatic heterocycles. The van der Waals surface area contributed by atoms with Gasteiger partial charge in [-0.05, 0) is 52.8 Å². The maximum absolute atomic E-state index is 11.8. The van der Waals surface area contributed by atoms with Crippen LogP contribution in [-0.2, 0) is 6.42 Å². The van der Waals surface area contributed by atoms with Gasteiger partial charge >= 0.3 is 5.51 Å². The molecule has 1 aromatic heterocycles. The number of hydrogen-bond acceptors (Lipinski definition) is 3. The first-order valence-electron chi connectivity index (χ1n) is 4.63. The van der Waals surface area contributed by atoms with Crippen LogP contribution in [-0.4, -0.2) is 24.4 Å². The Morgan fingerprint density at radius 3 is 2.62 bits per heavy atom. The van der Waals surface area contributed by atoms with E-state index in [4.69, 9.17) is 0 Å². The molecule has 0 saturated carbocycles. The molecular formula is C9H11BrF3NS2. The number of nitrogens with one attached hydrogen (secondary N) is 1. The van der Waals surface area contributed by atoms with Crippen molar-refractivity contribution in [1.29, 1.82) is 0 Å². The summed E-state index contributed by atoms with van der Waals surface area (Å²) in [5, 5.41) is 2.99. The Hall–Kier alpha value is 0.280. The Bertz CT molecular complexity index is 314. The first-order chi connectivity index (χ1) is 7.47. The molecule has 0 amide bonds. The minimum atomic E-state index is -4.11. The van der Waals surface area contributed by atoms with Gasteiger partial charge in [-0.1, -0.05) is 0 Å². The summed E-state index contributed by atoms with van der Waals surface area (Å²) in [5.41, 5.74) is -4.11. The molecule has 92 valence electrons. The number of alkyl halides is 3. The zero-order valence-corrected chi connectivity index (χ0v) is 11.5. The van der Waals surface area contributed by atoms with Crippen LogP contribution in [0.5, 0.6) is 0 Å². The quantitative estimate of drug-likeness (QED) is 0.792. The van der Waals surface area contributed by atoms with Crippen molar-refractivity contribution in [1.82, 2.24) is 5.32 Å². The van der Waals surface area contributed by atoms with Crippen LogP contribution in [0, 0.1) is 0 Å². The van der Waals surface area contributed by atoms with E-state index >= 15 is 0 Å². The van der Waals surface area contributed by atoms with Gasteiger partial charge in [0.15, 0.2) is 0 Å². The third-order valence-corrected chi connectivity index (χ3v) is 4.14. The van der Waals surface area contributed by atoms with Crippen LogP contribution < -0.4 is 5.32 Å². The number of rotatable bonds is 6. The lowest BCUT2D eigenvalue weighted by atomic mass is 10.3. The van der Waals surface area contributed by atoms with E-state index in [0.717, 1.165) is 10.2 Å². The van der Waals surface area contributed by atoms with Gasteiger partial charge in [-0.15, -0.1) is 11.3 Å². The predicted octanol–water partition coefficient (Wildman–Crippen LogP) is 3.90. The van der Waals surface area contributed by atoms with Crippen LogP contribution >= 0.6 is 39.0 Å². The average Bonchev–Trinajstić information content (AvgIpc) is 2.56. The van der Waals surface area contributed by atoms with Crippen molar-refractivity contribution < 1.29 is 13.2 Å². The smallest absolute Gasteiger partial charge is 0.316 e. The van der Waals surface area contributed by atoms with Crippen molar-refractivity contribution >= 4 is 39.0 Å². The second kappa shape index (κ2) is 6.88. The lowest BCUT2D eigenvalue weighted by Gasteiger charge is -2.06. The highest BCUT2D eigenvalue weighted by molar-refractivity contribution is 9.11. The van der Waals surface area contributed by atoms with Crippen molar-refractivity contribution in [2.24, 2.45) is 0 Å². The Balaban J connectivity index is 2.00. The fraction of sp³-hybridized carbons (Fsp3) is 0.556. The molecule has 0 unspecified atom stereocenters. The Kier molecular flexibility index (Phi) is 6.17. The molecule has 0 atom stereocenters. The standard InChI is InChI=1S/C9H11BrF3NS2/c10-8-2-1-7(16-8)3-4-14-5-6-15-9(11,12)13/h1-2,14H,3-6H2. The average molecular weight is 334 g/mol.